The van der Waals surface area contributed by atoms with E-state index < -0.39 is 0 Å². The molecule has 1 aliphatic heterocycles. The predicted molar refractivity (Wildman–Crippen MR) is 110 cm³/mol. The van der Waals surface area contributed by atoms with Gasteiger partial charge in [0.2, 0.25) is 0 Å². The van der Waals surface area contributed by atoms with Crippen LogP contribution in [0.25, 0.3) is 0 Å². The Morgan fingerprint density at radius 2 is 2.19 bits per heavy atom. The highest BCUT2D eigenvalue weighted by atomic mass is 35.5. The molecular weight excluding hydrogens is 366 g/mol. The Morgan fingerprint density at radius 1 is 1.37 bits per heavy atom. The lowest BCUT2D eigenvalue weighted by Gasteiger charge is -2.33. The number of hydrogen-bond acceptors (Lipinski definition) is 5. The summed E-state index contributed by atoms with van der Waals surface area (Å²) in [6, 6.07) is 3.15. The van der Waals surface area contributed by atoms with E-state index in [1.54, 1.807) is 12.1 Å². The maximum Gasteiger partial charge on any atom is 0.255 e. The van der Waals surface area contributed by atoms with E-state index in [4.69, 9.17) is 26.8 Å². The van der Waals surface area contributed by atoms with Crippen molar-refractivity contribution in [3.05, 3.63) is 22.7 Å². The number of halogens is 1. The van der Waals surface area contributed by atoms with Crippen molar-refractivity contribution in [1.29, 1.82) is 0 Å². The molecule has 0 saturated carbocycles. The second-order valence-electron chi connectivity index (χ2n) is 6.87. The molecular formula is C20H32ClN3O3. The third-order valence-electron chi connectivity index (χ3n) is 4.68. The number of nitrogens with zero attached hydrogens (tertiary/aromatic N) is 1. The van der Waals surface area contributed by atoms with Gasteiger partial charge >= 0.3 is 0 Å². The Balaban J connectivity index is 1.87. The van der Waals surface area contributed by atoms with Crippen LogP contribution in [0.1, 0.15) is 49.9 Å². The van der Waals surface area contributed by atoms with E-state index in [1.807, 2.05) is 6.92 Å². The number of ether oxygens (including phenoxy) is 2. The quantitative estimate of drug-likeness (QED) is 0.467. The Labute approximate surface area is 167 Å². The Hall–Kier alpha value is -1.50. The topological polar surface area (TPSA) is 76.8 Å². The van der Waals surface area contributed by atoms with E-state index in [0.717, 1.165) is 19.6 Å². The average Bonchev–Trinajstić information content (AvgIpc) is 2.66. The smallest absolute Gasteiger partial charge is 0.255 e. The summed E-state index contributed by atoms with van der Waals surface area (Å²) in [7, 11) is 0. The van der Waals surface area contributed by atoms with Crippen LogP contribution < -0.4 is 15.8 Å². The second kappa shape index (κ2) is 11.4. The van der Waals surface area contributed by atoms with Crippen molar-refractivity contribution in [3.63, 3.8) is 0 Å². The first-order valence-electron chi connectivity index (χ1n) is 9.89. The van der Waals surface area contributed by atoms with Crippen molar-refractivity contribution in [1.82, 2.24) is 10.2 Å². The lowest BCUT2D eigenvalue weighted by Crippen LogP contribution is -2.47. The molecule has 6 nitrogen and oxygen atoms in total. The van der Waals surface area contributed by atoms with Crippen LogP contribution in [0.3, 0.4) is 0 Å². The third-order valence-corrected chi connectivity index (χ3v) is 5.01. The van der Waals surface area contributed by atoms with E-state index in [9.17, 15) is 4.79 Å². The lowest BCUT2D eigenvalue weighted by atomic mass is 10.1. The first kappa shape index (κ1) is 21.8. The van der Waals surface area contributed by atoms with E-state index in [1.165, 1.54) is 25.7 Å². The van der Waals surface area contributed by atoms with Crippen LogP contribution >= 0.6 is 11.6 Å². The summed E-state index contributed by atoms with van der Waals surface area (Å²) >= 11 is 6.08. The minimum atomic E-state index is -0.232. The fourth-order valence-corrected chi connectivity index (χ4v) is 3.36. The number of rotatable bonds is 10. The summed E-state index contributed by atoms with van der Waals surface area (Å²) in [4.78, 5) is 15.0. The summed E-state index contributed by atoms with van der Waals surface area (Å²) in [6.07, 6.45) is 5.02. The number of unbranched alkanes of at least 4 members (excludes halogenated alkanes) is 3. The minimum absolute atomic E-state index is 0.00586. The number of carbonyl (C=O) groups is 1. The molecule has 0 radical (unpaired) electrons. The van der Waals surface area contributed by atoms with E-state index >= 15 is 0 Å². The van der Waals surface area contributed by atoms with Crippen LogP contribution in [-0.4, -0.2) is 56.3 Å². The van der Waals surface area contributed by atoms with Gasteiger partial charge in [0.25, 0.3) is 5.91 Å². The van der Waals surface area contributed by atoms with Gasteiger partial charge in [0, 0.05) is 25.7 Å². The highest BCUT2D eigenvalue weighted by Crippen LogP contribution is 2.29. The van der Waals surface area contributed by atoms with Gasteiger partial charge in [0.05, 0.1) is 35.6 Å². The van der Waals surface area contributed by atoms with Crippen LogP contribution in [0.5, 0.6) is 5.75 Å². The first-order valence-corrected chi connectivity index (χ1v) is 10.3. The van der Waals surface area contributed by atoms with Gasteiger partial charge in [-0.25, -0.2) is 0 Å². The van der Waals surface area contributed by atoms with Gasteiger partial charge in [0.15, 0.2) is 0 Å². The Bertz CT molecular complexity index is 612. The number of carbonyl (C=O) groups excluding carboxylic acids is 1. The van der Waals surface area contributed by atoms with Crippen molar-refractivity contribution >= 4 is 23.2 Å². The Kier molecular flexibility index (Phi) is 9.18. The fourth-order valence-electron chi connectivity index (χ4n) is 3.19. The zero-order valence-electron chi connectivity index (χ0n) is 16.4. The molecule has 3 N–H and O–H groups in total. The van der Waals surface area contributed by atoms with Gasteiger partial charge in [-0.05, 0) is 26.0 Å². The molecule has 152 valence electrons. The number of anilines is 1. The van der Waals surface area contributed by atoms with Gasteiger partial charge in [-0.3, -0.25) is 9.69 Å². The van der Waals surface area contributed by atoms with Gasteiger partial charge in [-0.15, -0.1) is 0 Å². The summed E-state index contributed by atoms with van der Waals surface area (Å²) in [5.41, 5.74) is 6.60. The normalized spacial score (nSPS) is 17.7. The molecule has 0 aromatic heterocycles. The molecule has 1 aromatic carbocycles. The van der Waals surface area contributed by atoms with Crippen LogP contribution in [0, 0.1) is 0 Å². The maximum atomic E-state index is 12.6. The number of hydrogen-bond donors (Lipinski definition) is 2. The SMILES string of the molecule is CCCCCCN1CCOC(CNC(=O)c2cc(Cl)c(N)cc2OCC)C1. The molecule has 2 rings (SSSR count). The monoisotopic (exact) mass is 397 g/mol. The molecule has 0 spiro atoms. The van der Waals surface area contributed by atoms with Crippen molar-refractivity contribution in [3.8, 4) is 5.75 Å². The summed E-state index contributed by atoms with van der Waals surface area (Å²) in [5.74, 6) is 0.211. The van der Waals surface area contributed by atoms with Gasteiger partial charge in [-0.2, -0.15) is 0 Å². The average molecular weight is 398 g/mol. The van der Waals surface area contributed by atoms with Gasteiger partial charge in [0.1, 0.15) is 5.75 Å². The van der Waals surface area contributed by atoms with Crippen molar-refractivity contribution in [2.45, 2.75) is 45.6 Å². The van der Waals surface area contributed by atoms with Gasteiger partial charge in [-0.1, -0.05) is 37.8 Å². The summed E-state index contributed by atoms with van der Waals surface area (Å²) in [6.45, 7) is 8.57. The van der Waals surface area contributed by atoms with E-state index in [-0.39, 0.29) is 12.0 Å². The Morgan fingerprint density at radius 3 is 2.93 bits per heavy atom. The number of amides is 1. The van der Waals surface area contributed by atoms with Crippen LogP contribution in [0.4, 0.5) is 5.69 Å². The zero-order chi connectivity index (χ0) is 19.6. The zero-order valence-corrected chi connectivity index (χ0v) is 17.2. The molecule has 1 fully saturated rings. The van der Waals surface area contributed by atoms with E-state index in [2.05, 4.69) is 17.1 Å². The predicted octanol–water partition coefficient (Wildman–Crippen LogP) is 3.33. The molecule has 1 aromatic rings. The third kappa shape index (κ3) is 6.87. The first-order chi connectivity index (χ1) is 13.0. The molecule has 27 heavy (non-hydrogen) atoms. The number of nitrogens with one attached hydrogen (secondary N) is 1. The number of nitrogens with two attached hydrogens (primary N) is 1. The molecule has 1 atom stereocenters. The van der Waals surface area contributed by atoms with Crippen LogP contribution in [0.2, 0.25) is 5.02 Å². The highest BCUT2D eigenvalue weighted by molar-refractivity contribution is 6.33. The van der Waals surface area contributed by atoms with Crippen molar-refractivity contribution in [2.75, 3.05) is 45.1 Å². The lowest BCUT2D eigenvalue weighted by molar-refractivity contribution is -0.0267. The number of benzene rings is 1. The van der Waals surface area contributed by atoms with Crippen molar-refractivity contribution in [2.24, 2.45) is 0 Å². The van der Waals surface area contributed by atoms with Crippen LogP contribution in [0.15, 0.2) is 12.1 Å². The number of morpholine rings is 1. The molecule has 1 amide bonds. The molecule has 1 saturated heterocycles. The largest absolute Gasteiger partial charge is 0.493 e. The maximum absolute atomic E-state index is 12.6. The standard InChI is InChI=1S/C20H32ClN3O3/c1-3-5-6-7-8-24-9-10-27-15(14-24)13-23-20(25)16-11-17(21)18(22)12-19(16)26-4-2/h11-12,15H,3-10,13-14,22H2,1-2H3,(H,23,25). The second-order valence-corrected chi connectivity index (χ2v) is 7.27. The number of nitrogen functional groups attached to an aromatic ring is 1. The van der Waals surface area contributed by atoms with Crippen molar-refractivity contribution < 1.29 is 14.3 Å². The summed E-state index contributed by atoms with van der Waals surface area (Å²) in [5, 5.41) is 3.28. The molecule has 7 heteroatoms. The molecule has 1 unspecified atom stereocenters. The van der Waals surface area contributed by atoms with Crippen LogP contribution in [-0.2, 0) is 4.74 Å². The summed E-state index contributed by atoms with van der Waals surface area (Å²) < 4.78 is 11.3. The molecule has 1 heterocycles. The molecule has 0 aliphatic carbocycles. The van der Waals surface area contributed by atoms with E-state index in [0.29, 0.717) is 41.8 Å². The molecule has 1 aliphatic rings. The highest BCUT2D eigenvalue weighted by Gasteiger charge is 2.22. The molecule has 0 bridgehead atoms. The minimum Gasteiger partial charge on any atom is -0.493 e. The van der Waals surface area contributed by atoms with Gasteiger partial charge < -0.3 is 20.5 Å². The fraction of sp³-hybridized carbons (Fsp3) is 0.650.